The number of para-hydroxylation sites is 2. The molecule has 1 fully saturated rings. The molecular weight excluding hydrogens is 364 g/mol. The second-order valence-corrected chi connectivity index (χ2v) is 7.03. The molecule has 0 saturated carbocycles. The third-order valence-corrected chi connectivity index (χ3v) is 5.02. The van der Waals surface area contributed by atoms with Crippen molar-refractivity contribution in [3.63, 3.8) is 0 Å². The minimum atomic E-state index is -0.453. The number of benzene rings is 2. The Hall–Kier alpha value is -3.30. The lowest BCUT2D eigenvalue weighted by atomic mass is 10.0. The van der Waals surface area contributed by atoms with Gasteiger partial charge in [0, 0.05) is 31.9 Å². The summed E-state index contributed by atoms with van der Waals surface area (Å²) in [7, 11) is 1.54. The summed E-state index contributed by atoms with van der Waals surface area (Å²) < 4.78 is 5.23. The van der Waals surface area contributed by atoms with Crippen LogP contribution in [0.25, 0.3) is 0 Å². The molecule has 0 atom stereocenters. The number of carbonyl (C=O) groups is 1. The molecular formula is C23H26N4O2. The van der Waals surface area contributed by atoms with Gasteiger partial charge in [0.15, 0.2) is 0 Å². The van der Waals surface area contributed by atoms with Gasteiger partial charge in [-0.1, -0.05) is 42.5 Å². The number of carbonyl (C=O) groups excluding carboxylic acids is 1. The van der Waals surface area contributed by atoms with Gasteiger partial charge in [-0.25, -0.2) is 0 Å². The van der Waals surface area contributed by atoms with Crippen molar-refractivity contribution in [1.29, 1.82) is 5.26 Å². The van der Waals surface area contributed by atoms with Crippen LogP contribution in [0.3, 0.4) is 0 Å². The number of piperidine rings is 1. The highest BCUT2D eigenvalue weighted by atomic mass is 16.5. The lowest BCUT2D eigenvalue weighted by Gasteiger charge is -2.32. The second kappa shape index (κ2) is 10.3. The van der Waals surface area contributed by atoms with E-state index in [9.17, 15) is 10.1 Å². The van der Waals surface area contributed by atoms with Gasteiger partial charge in [-0.05, 0) is 30.5 Å². The van der Waals surface area contributed by atoms with E-state index in [2.05, 4.69) is 39.8 Å². The van der Waals surface area contributed by atoms with Crippen molar-refractivity contribution in [2.45, 2.75) is 25.4 Å². The summed E-state index contributed by atoms with van der Waals surface area (Å²) in [5, 5.41) is 15.4. The molecule has 1 aliphatic heterocycles. The minimum absolute atomic E-state index is 0.0441. The number of anilines is 1. The Morgan fingerprint density at radius 2 is 1.86 bits per heavy atom. The molecule has 0 aromatic heterocycles. The van der Waals surface area contributed by atoms with Crippen LogP contribution >= 0.6 is 0 Å². The SMILES string of the molecule is COc1ccccc1NC(=O)/C(C#N)=C\NC1CCN(Cc2ccccc2)CC1. The summed E-state index contributed by atoms with van der Waals surface area (Å²) in [5.74, 6) is 0.0999. The Morgan fingerprint density at radius 1 is 1.17 bits per heavy atom. The Labute approximate surface area is 171 Å². The van der Waals surface area contributed by atoms with Crippen molar-refractivity contribution in [2.24, 2.45) is 0 Å². The lowest BCUT2D eigenvalue weighted by Crippen LogP contribution is -2.40. The largest absolute Gasteiger partial charge is 0.495 e. The van der Waals surface area contributed by atoms with Gasteiger partial charge in [-0.3, -0.25) is 9.69 Å². The third-order valence-electron chi connectivity index (χ3n) is 5.02. The standard InChI is InChI=1S/C23H26N4O2/c1-29-22-10-6-5-9-21(22)26-23(28)19(15-24)16-25-20-11-13-27(14-12-20)17-18-7-3-2-4-8-18/h2-10,16,20,25H,11-14,17H2,1H3,(H,26,28)/b19-16-. The van der Waals surface area contributed by atoms with Crippen LogP contribution in [-0.4, -0.2) is 37.0 Å². The van der Waals surface area contributed by atoms with Gasteiger partial charge >= 0.3 is 0 Å². The zero-order valence-corrected chi connectivity index (χ0v) is 16.6. The Balaban J connectivity index is 1.50. The van der Waals surface area contributed by atoms with E-state index in [1.165, 1.54) is 18.9 Å². The number of hydrogen-bond donors (Lipinski definition) is 2. The molecule has 1 aliphatic rings. The van der Waals surface area contributed by atoms with Crippen LogP contribution in [0.2, 0.25) is 0 Å². The number of amides is 1. The fourth-order valence-electron chi connectivity index (χ4n) is 3.39. The molecule has 29 heavy (non-hydrogen) atoms. The quantitative estimate of drug-likeness (QED) is 0.560. The van der Waals surface area contributed by atoms with Gasteiger partial charge in [-0.15, -0.1) is 0 Å². The Morgan fingerprint density at radius 3 is 2.55 bits per heavy atom. The molecule has 0 aliphatic carbocycles. The van der Waals surface area contributed by atoms with Crippen molar-refractivity contribution < 1.29 is 9.53 Å². The summed E-state index contributed by atoms with van der Waals surface area (Å²) >= 11 is 0. The van der Waals surface area contributed by atoms with E-state index < -0.39 is 5.91 Å². The van der Waals surface area contributed by atoms with Crippen LogP contribution in [0.5, 0.6) is 5.75 Å². The number of methoxy groups -OCH3 is 1. The van der Waals surface area contributed by atoms with Crippen molar-refractivity contribution >= 4 is 11.6 Å². The van der Waals surface area contributed by atoms with Crippen molar-refractivity contribution in [2.75, 3.05) is 25.5 Å². The highest BCUT2D eigenvalue weighted by Crippen LogP contribution is 2.23. The molecule has 150 valence electrons. The van der Waals surface area contributed by atoms with E-state index in [-0.39, 0.29) is 11.6 Å². The van der Waals surface area contributed by atoms with E-state index >= 15 is 0 Å². The monoisotopic (exact) mass is 390 g/mol. The maximum Gasteiger partial charge on any atom is 0.267 e. The Bertz CT molecular complexity index is 881. The smallest absolute Gasteiger partial charge is 0.267 e. The minimum Gasteiger partial charge on any atom is -0.495 e. The van der Waals surface area contributed by atoms with Crippen LogP contribution in [0.1, 0.15) is 18.4 Å². The molecule has 2 N–H and O–H groups in total. The topological polar surface area (TPSA) is 77.4 Å². The molecule has 0 radical (unpaired) electrons. The van der Waals surface area contributed by atoms with Crippen LogP contribution < -0.4 is 15.4 Å². The zero-order valence-electron chi connectivity index (χ0n) is 16.6. The van der Waals surface area contributed by atoms with Gasteiger partial charge in [-0.2, -0.15) is 5.26 Å². The average molecular weight is 390 g/mol. The molecule has 6 nitrogen and oxygen atoms in total. The number of nitriles is 1. The van der Waals surface area contributed by atoms with Crippen molar-refractivity contribution in [3.05, 3.63) is 71.9 Å². The van der Waals surface area contributed by atoms with Crippen molar-refractivity contribution in [1.82, 2.24) is 10.2 Å². The van der Waals surface area contributed by atoms with Gasteiger partial charge in [0.2, 0.25) is 0 Å². The highest BCUT2D eigenvalue weighted by molar-refractivity contribution is 6.07. The van der Waals surface area contributed by atoms with Crippen LogP contribution in [0.4, 0.5) is 5.69 Å². The molecule has 2 aromatic rings. The number of likely N-dealkylation sites (tertiary alicyclic amines) is 1. The van der Waals surface area contributed by atoms with Crippen LogP contribution in [0.15, 0.2) is 66.4 Å². The van der Waals surface area contributed by atoms with Crippen LogP contribution in [0, 0.1) is 11.3 Å². The lowest BCUT2D eigenvalue weighted by molar-refractivity contribution is -0.112. The summed E-state index contributed by atoms with van der Waals surface area (Å²) in [5.41, 5.74) is 1.90. The molecule has 0 bridgehead atoms. The fourth-order valence-corrected chi connectivity index (χ4v) is 3.39. The molecule has 2 aromatic carbocycles. The summed E-state index contributed by atoms with van der Waals surface area (Å²) in [4.78, 5) is 14.9. The first kappa shape index (κ1) is 20.4. The van der Waals surface area contributed by atoms with Gasteiger partial charge in [0.25, 0.3) is 5.91 Å². The maximum absolute atomic E-state index is 12.4. The van der Waals surface area contributed by atoms with E-state index in [4.69, 9.17) is 4.74 Å². The number of rotatable bonds is 7. The predicted octanol–water partition coefficient (Wildman–Crippen LogP) is 3.30. The molecule has 1 amide bonds. The molecule has 0 unspecified atom stereocenters. The van der Waals surface area contributed by atoms with Gasteiger partial charge < -0.3 is 15.4 Å². The van der Waals surface area contributed by atoms with Crippen LogP contribution in [-0.2, 0) is 11.3 Å². The first-order valence-corrected chi connectivity index (χ1v) is 9.76. The van der Waals surface area contributed by atoms with Gasteiger partial charge in [0.05, 0.1) is 12.8 Å². The first-order chi connectivity index (χ1) is 14.2. The number of ether oxygens (including phenoxy) is 1. The highest BCUT2D eigenvalue weighted by Gasteiger charge is 2.19. The third kappa shape index (κ3) is 5.84. The second-order valence-electron chi connectivity index (χ2n) is 7.03. The molecule has 3 rings (SSSR count). The summed E-state index contributed by atoms with van der Waals surface area (Å²) in [6, 6.07) is 19.8. The van der Waals surface area contributed by atoms with E-state index in [0.29, 0.717) is 11.4 Å². The van der Waals surface area contributed by atoms with E-state index in [1.54, 1.807) is 18.2 Å². The molecule has 6 heteroatoms. The van der Waals surface area contributed by atoms with Gasteiger partial charge in [0.1, 0.15) is 17.4 Å². The maximum atomic E-state index is 12.4. The number of nitrogens with zero attached hydrogens (tertiary/aromatic N) is 2. The normalized spacial score (nSPS) is 15.4. The zero-order chi connectivity index (χ0) is 20.5. The van der Waals surface area contributed by atoms with E-state index in [1.807, 2.05) is 18.2 Å². The summed E-state index contributed by atoms with van der Waals surface area (Å²) in [6.07, 6.45) is 3.47. The number of nitrogens with one attached hydrogen (secondary N) is 2. The molecule has 0 spiro atoms. The molecule has 1 heterocycles. The fraction of sp³-hybridized carbons (Fsp3) is 0.304. The Kier molecular flexibility index (Phi) is 7.26. The average Bonchev–Trinajstić information content (AvgIpc) is 2.76. The predicted molar refractivity (Wildman–Crippen MR) is 113 cm³/mol. The number of hydrogen-bond acceptors (Lipinski definition) is 5. The van der Waals surface area contributed by atoms with E-state index in [0.717, 1.165) is 32.5 Å². The summed E-state index contributed by atoms with van der Waals surface area (Å²) in [6.45, 7) is 2.92. The van der Waals surface area contributed by atoms with Crippen molar-refractivity contribution in [3.8, 4) is 11.8 Å². The first-order valence-electron chi connectivity index (χ1n) is 9.76. The molecule has 1 saturated heterocycles.